The maximum atomic E-state index is 13.9. The molecule has 0 aromatic heterocycles. The minimum atomic E-state index is -0.230. The number of hydrogen-bond acceptors (Lipinski definition) is 1. The highest BCUT2D eigenvalue weighted by molar-refractivity contribution is 9.10. The Kier molecular flexibility index (Phi) is 4.97. The Labute approximate surface area is 122 Å². The Hall–Kier alpha value is -1.35. The molecule has 2 aromatic carbocycles. The highest BCUT2D eigenvalue weighted by Crippen LogP contribution is 2.27. The standard InChI is InChI=1S/C16H17BrFN/c1-2-6-15(12-7-4-3-5-8-12)19-16-10-9-13(17)11-14(16)18/h3-5,7-11,15,19H,2,6H2,1H3. The normalized spacial score (nSPS) is 12.2. The molecule has 0 aliphatic heterocycles. The molecule has 0 spiro atoms. The van der Waals surface area contributed by atoms with Crippen LogP contribution in [-0.4, -0.2) is 0 Å². The molecule has 0 aliphatic rings. The van der Waals surface area contributed by atoms with Gasteiger partial charge in [-0.3, -0.25) is 0 Å². The van der Waals surface area contributed by atoms with Crippen LogP contribution in [0.1, 0.15) is 31.4 Å². The quantitative estimate of drug-likeness (QED) is 0.762. The summed E-state index contributed by atoms with van der Waals surface area (Å²) in [7, 11) is 0. The van der Waals surface area contributed by atoms with E-state index in [1.54, 1.807) is 6.07 Å². The lowest BCUT2D eigenvalue weighted by Gasteiger charge is -2.20. The van der Waals surface area contributed by atoms with Crippen LogP contribution in [-0.2, 0) is 0 Å². The van der Waals surface area contributed by atoms with Gasteiger partial charge in [0.2, 0.25) is 0 Å². The SMILES string of the molecule is CCCC(Nc1ccc(Br)cc1F)c1ccccc1. The summed E-state index contributed by atoms with van der Waals surface area (Å²) in [5.74, 6) is -0.230. The lowest BCUT2D eigenvalue weighted by molar-refractivity contribution is 0.617. The fraction of sp³-hybridized carbons (Fsp3) is 0.250. The lowest BCUT2D eigenvalue weighted by atomic mass is 10.0. The minimum absolute atomic E-state index is 0.141. The Bertz CT molecular complexity index is 528. The van der Waals surface area contributed by atoms with Gasteiger partial charge in [-0.15, -0.1) is 0 Å². The summed E-state index contributed by atoms with van der Waals surface area (Å²) in [4.78, 5) is 0. The zero-order valence-corrected chi connectivity index (χ0v) is 12.5. The first-order chi connectivity index (χ1) is 9.20. The van der Waals surface area contributed by atoms with Gasteiger partial charge in [0.1, 0.15) is 5.82 Å². The van der Waals surface area contributed by atoms with Crippen molar-refractivity contribution in [2.24, 2.45) is 0 Å². The third-order valence-electron chi connectivity index (χ3n) is 3.04. The molecular formula is C16H17BrFN. The summed E-state index contributed by atoms with van der Waals surface area (Å²) in [6, 6.07) is 15.4. The van der Waals surface area contributed by atoms with Crippen LogP contribution in [0.5, 0.6) is 0 Å². The van der Waals surface area contributed by atoms with Gasteiger partial charge in [0.15, 0.2) is 0 Å². The summed E-state index contributed by atoms with van der Waals surface area (Å²) in [5.41, 5.74) is 1.73. The second-order valence-electron chi connectivity index (χ2n) is 4.52. The second kappa shape index (κ2) is 6.71. The fourth-order valence-corrected chi connectivity index (χ4v) is 2.42. The average molecular weight is 322 g/mol. The van der Waals surface area contributed by atoms with Crippen LogP contribution in [0, 0.1) is 5.82 Å². The maximum absolute atomic E-state index is 13.9. The van der Waals surface area contributed by atoms with Gasteiger partial charge in [0.25, 0.3) is 0 Å². The number of anilines is 1. The van der Waals surface area contributed by atoms with Gasteiger partial charge < -0.3 is 5.32 Å². The van der Waals surface area contributed by atoms with E-state index in [9.17, 15) is 4.39 Å². The van der Waals surface area contributed by atoms with Crippen LogP contribution >= 0.6 is 15.9 Å². The Morgan fingerprint density at radius 2 is 1.89 bits per heavy atom. The van der Waals surface area contributed by atoms with Crippen LogP contribution < -0.4 is 5.32 Å². The summed E-state index contributed by atoms with van der Waals surface area (Å²) < 4.78 is 14.6. The van der Waals surface area contributed by atoms with E-state index in [0.717, 1.165) is 17.3 Å². The molecule has 0 heterocycles. The summed E-state index contributed by atoms with van der Waals surface area (Å²) in [6.07, 6.45) is 2.02. The second-order valence-corrected chi connectivity index (χ2v) is 5.44. The zero-order chi connectivity index (χ0) is 13.7. The molecule has 0 radical (unpaired) electrons. The summed E-state index contributed by atoms with van der Waals surface area (Å²) in [5, 5.41) is 3.30. The van der Waals surface area contributed by atoms with Crippen molar-refractivity contribution in [1.29, 1.82) is 0 Å². The molecule has 0 fully saturated rings. The first kappa shape index (κ1) is 14.1. The van der Waals surface area contributed by atoms with Gasteiger partial charge in [-0.1, -0.05) is 59.6 Å². The molecule has 0 bridgehead atoms. The topological polar surface area (TPSA) is 12.0 Å². The third-order valence-corrected chi connectivity index (χ3v) is 3.53. The molecule has 100 valence electrons. The average Bonchev–Trinajstić information content (AvgIpc) is 2.42. The van der Waals surface area contributed by atoms with Crippen LogP contribution in [0.25, 0.3) is 0 Å². The van der Waals surface area contributed by atoms with Crippen molar-refractivity contribution in [3.8, 4) is 0 Å². The van der Waals surface area contributed by atoms with E-state index >= 15 is 0 Å². The van der Waals surface area contributed by atoms with E-state index in [0.29, 0.717) is 5.69 Å². The fourth-order valence-electron chi connectivity index (χ4n) is 2.09. The van der Waals surface area contributed by atoms with Crippen molar-refractivity contribution in [2.45, 2.75) is 25.8 Å². The molecule has 1 nitrogen and oxygen atoms in total. The molecule has 2 rings (SSSR count). The predicted molar refractivity (Wildman–Crippen MR) is 81.8 cm³/mol. The van der Waals surface area contributed by atoms with Gasteiger partial charge in [0, 0.05) is 4.47 Å². The van der Waals surface area contributed by atoms with Gasteiger partial charge >= 0.3 is 0 Å². The number of halogens is 2. The van der Waals surface area contributed by atoms with E-state index in [4.69, 9.17) is 0 Å². The molecule has 1 N–H and O–H groups in total. The zero-order valence-electron chi connectivity index (χ0n) is 10.9. The molecule has 2 aromatic rings. The number of benzene rings is 2. The molecule has 0 saturated carbocycles. The summed E-state index contributed by atoms with van der Waals surface area (Å²) >= 11 is 3.27. The highest BCUT2D eigenvalue weighted by Gasteiger charge is 2.12. The van der Waals surface area contributed by atoms with Crippen molar-refractivity contribution in [2.75, 3.05) is 5.32 Å². The van der Waals surface area contributed by atoms with Gasteiger partial charge in [0.05, 0.1) is 11.7 Å². The predicted octanol–water partition coefficient (Wildman–Crippen LogP) is 5.54. The number of nitrogens with one attached hydrogen (secondary N) is 1. The van der Waals surface area contributed by atoms with Crippen molar-refractivity contribution in [3.63, 3.8) is 0 Å². The molecule has 0 amide bonds. The smallest absolute Gasteiger partial charge is 0.147 e. The van der Waals surface area contributed by atoms with Crippen molar-refractivity contribution in [3.05, 3.63) is 64.4 Å². The third kappa shape index (κ3) is 3.80. The Balaban J connectivity index is 2.21. The van der Waals surface area contributed by atoms with Crippen molar-refractivity contribution in [1.82, 2.24) is 0 Å². The maximum Gasteiger partial charge on any atom is 0.147 e. The largest absolute Gasteiger partial charge is 0.376 e. The van der Waals surface area contributed by atoms with E-state index in [2.05, 4.69) is 40.3 Å². The molecule has 0 aliphatic carbocycles. The van der Waals surface area contributed by atoms with Crippen LogP contribution in [0.2, 0.25) is 0 Å². The van der Waals surface area contributed by atoms with E-state index in [1.165, 1.54) is 11.6 Å². The molecule has 3 heteroatoms. The Morgan fingerprint density at radius 3 is 2.53 bits per heavy atom. The van der Waals surface area contributed by atoms with Gasteiger partial charge in [-0.25, -0.2) is 4.39 Å². The monoisotopic (exact) mass is 321 g/mol. The minimum Gasteiger partial charge on any atom is -0.376 e. The molecule has 0 saturated heterocycles. The Morgan fingerprint density at radius 1 is 1.16 bits per heavy atom. The van der Waals surface area contributed by atoms with Gasteiger partial charge in [-0.2, -0.15) is 0 Å². The van der Waals surface area contributed by atoms with Crippen LogP contribution in [0.3, 0.4) is 0 Å². The summed E-state index contributed by atoms with van der Waals surface area (Å²) in [6.45, 7) is 2.13. The lowest BCUT2D eigenvalue weighted by Crippen LogP contribution is -2.11. The van der Waals surface area contributed by atoms with E-state index in [-0.39, 0.29) is 11.9 Å². The first-order valence-electron chi connectivity index (χ1n) is 6.47. The van der Waals surface area contributed by atoms with Crippen LogP contribution in [0.15, 0.2) is 53.0 Å². The number of rotatable bonds is 5. The first-order valence-corrected chi connectivity index (χ1v) is 7.26. The molecular weight excluding hydrogens is 305 g/mol. The van der Waals surface area contributed by atoms with E-state index in [1.807, 2.05) is 24.3 Å². The highest BCUT2D eigenvalue weighted by atomic mass is 79.9. The molecule has 1 unspecified atom stereocenters. The van der Waals surface area contributed by atoms with Crippen molar-refractivity contribution < 1.29 is 4.39 Å². The molecule has 19 heavy (non-hydrogen) atoms. The molecule has 1 atom stereocenters. The van der Waals surface area contributed by atoms with Crippen LogP contribution in [0.4, 0.5) is 10.1 Å². The van der Waals surface area contributed by atoms with Crippen molar-refractivity contribution >= 4 is 21.6 Å². The van der Waals surface area contributed by atoms with E-state index < -0.39 is 0 Å². The number of hydrogen-bond donors (Lipinski definition) is 1. The van der Waals surface area contributed by atoms with Gasteiger partial charge in [-0.05, 0) is 30.2 Å².